The molecular formula is C16H35IN4O. The van der Waals surface area contributed by atoms with E-state index in [0.717, 1.165) is 25.5 Å². The number of guanidine groups is 1. The van der Waals surface area contributed by atoms with Gasteiger partial charge in [0.1, 0.15) is 0 Å². The quantitative estimate of drug-likeness (QED) is 0.271. The number of amides is 1. The van der Waals surface area contributed by atoms with Gasteiger partial charge in [0.05, 0.1) is 0 Å². The van der Waals surface area contributed by atoms with Crippen LogP contribution in [0.3, 0.4) is 0 Å². The molecule has 22 heavy (non-hydrogen) atoms. The van der Waals surface area contributed by atoms with Crippen LogP contribution in [0.1, 0.15) is 59.3 Å². The van der Waals surface area contributed by atoms with Crippen molar-refractivity contribution in [1.82, 2.24) is 16.0 Å². The topological polar surface area (TPSA) is 65.5 Å². The number of hydrogen-bond acceptors (Lipinski definition) is 2. The third-order valence-corrected chi connectivity index (χ3v) is 3.54. The zero-order valence-electron chi connectivity index (χ0n) is 14.7. The summed E-state index contributed by atoms with van der Waals surface area (Å²) >= 11 is 0. The zero-order valence-corrected chi connectivity index (χ0v) is 17.0. The van der Waals surface area contributed by atoms with Gasteiger partial charge in [-0.3, -0.25) is 9.79 Å². The van der Waals surface area contributed by atoms with E-state index in [4.69, 9.17) is 0 Å². The van der Waals surface area contributed by atoms with Crippen LogP contribution in [0.2, 0.25) is 0 Å². The third-order valence-electron chi connectivity index (χ3n) is 3.54. The molecule has 3 N–H and O–H groups in total. The van der Waals surface area contributed by atoms with Gasteiger partial charge >= 0.3 is 0 Å². The molecule has 6 heteroatoms. The van der Waals surface area contributed by atoms with Gasteiger partial charge in [0, 0.05) is 33.1 Å². The summed E-state index contributed by atoms with van der Waals surface area (Å²) in [7, 11) is 1.76. The largest absolute Gasteiger partial charge is 0.356 e. The van der Waals surface area contributed by atoms with Crippen molar-refractivity contribution in [1.29, 1.82) is 0 Å². The normalized spacial score (nSPS) is 12.3. The van der Waals surface area contributed by atoms with E-state index in [0.29, 0.717) is 18.9 Å². The van der Waals surface area contributed by atoms with Gasteiger partial charge in [-0.25, -0.2) is 0 Å². The van der Waals surface area contributed by atoms with Crippen molar-refractivity contribution < 1.29 is 4.79 Å². The Morgan fingerprint density at radius 3 is 2.32 bits per heavy atom. The highest BCUT2D eigenvalue weighted by Gasteiger charge is 2.07. The molecule has 0 aromatic heterocycles. The molecule has 5 nitrogen and oxygen atoms in total. The molecule has 132 valence electrons. The highest BCUT2D eigenvalue weighted by Crippen LogP contribution is 2.10. The zero-order chi connectivity index (χ0) is 15.9. The monoisotopic (exact) mass is 426 g/mol. The van der Waals surface area contributed by atoms with Gasteiger partial charge in [-0.05, 0) is 18.8 Å². The Morgan fingerprint density at radius 1 is 1.05 bits per heavy atom. The fourth-order valence-electron chi connectivity index (χ4n) is 2.05. The SMILES string of the molecule is CCCCC(CC)CNC(=NC)NCCC(=O)NCCC.I. The Kier molecular flexibility index (Phi) is 18.2. The molecule has 0 saturated carbocycles. The number of rotatable bonds is 11. The summed E-state index contributed by atoms with van der Waals surface area (Å²) in [6.07, 6.45) is 6.42. The lowest BCUT2D eigenvalue weighted by atomic mass is 9.99. The first-order chi connectivity index (χ1) is 10.2. The lowest BCUT2D eigenvalue weighted by Crippen LogP contribution is -2.41. The van der Waals surface area contributed by atoms with Crippen molar-refractivity contribution in [3.05, 3.63) is 0 Å². The van der Waals surface area contributed by atoms with Crippen LogP contribution in [-0.2, 0) is 4.79 Å². The maximum atomic E-state index is 11.5. The average molecular weight is 426 g/mol. The van der Waals surface area contributed by atoms with Crippen LogP contribution < -0.4 is 16.0 Å². The molecule has 1 amide bonds. The first-order valence-electron chi connectivity index (χ1n) is 8.39. The molecule has 0 aromatic carbocycles. The van der Waals surface area contributed by atoms with E-state index < -0.39 is 0 Å². The van der Waals surface area contributed by atoms with Crippen LogP contribution in [0, 0.1) is 5.92 Å². The molecule has 0 bridgehead atoms. The summed E-state index contributed by atoms with van der Waals surface area (Å²) in [5.41, 5.74) is 0. The molecule has 0 aliphatic carbocycles. The van der Waals surface area contributed by atoms with Crippen molar-refractivity contribution in [3.8, 4) is 0 Å². The molecule has 0 radical (unpaired) electrons. The summed E-state index contributed by atoms with van der Waals surface area (Å²) < 4.78 is 0. The molecular weight excluding hydrogens is 391 g/mol. The summed E-state index contributed by atoms with van der Waals surface area (Å²) in [6, 6.07) is 0. The van der Waals surface area contributed by atoms with Crippen LogP contribution >= 0.6 is 24.0 Å². The minimum atomic E-state index is 0. The number of unbranched alkanes of at least 4 members (excludes halogenated alkanes) is 1. The molecule has 0 rings (SSSR count). The number of carbonyl (C=O) groups is 1. The van der Waals surface area contributed by atoms with Gasteiger partial charge in [-0.1, -0.05) is 40.0 Å². The minimum absolute atomic E-state index is 0. The standard InChI is InChI=1S/C16H34N4O.HI/c1-5-8-9-14(7-3)13-20-16(17-4)19-12-10-15(21)18-11-6-2;/h14H,5-13H2,1-4H3,(H,18,21)(H2,17,19,20);1H. The fraction of sp³-hybridized carbons (Fsp3) is 0.875. The maximum Gasteiger partial charge on any atom is 0.221 e. The van der Waals surface area contributed by atoms with E-state index in [1.807, 2.05) is 6.92 Å². The summed E-state index contributed by atoms with van der Waals surface area (Å²) in [4.78, 5) is 15.7. The minimum Gasteiger partial charge on any atom is -0.356 e. The number of aliphatic imine (C=N–C) groups is 1. The van der Waals surface area contributed by atoms with Crippen molar-refractivity contribution >= 4 is 35.8 Å². The Morgan fingerprint density at radius 2 is 1.77 bits per heavy atom. The van der Waals surface area contributed by atoms with E-state index in [-0.39, 0.29) is 29.9 Å². The number of nitrogens with zero attached hydrogens (tertiary/aromatic N) is 1. The first-order valence-corrected chi connectivity index (χ1v) is 8.39. The van der Waals surface area contributed by atoms with E-state index >= 15 is 0 Å². The molecule has 0 heterocycles. The average Bonchev–Trinajstić information content (AvgIpc) is 2.51. The second kappa shape index (κ2) is 16.8. The Hall–Kier alpha value is -0.530. The fourth-order valence-corrected chi connectivity index (χ4v) is 2.05. The predicted octanol–water partition coefficient (Wildman–Crippen LogP) is 2.90. The maximum absolute atomic E-state index is 11.5. The smallest absolute Gasteiger partial charge is 0.221 e. The highest BCUT2D eigenvalue weighted by molar-refractivity contribution is 14.0. The van der Waals surface area contributed by atoms with E-state index in [1.54, 1.807) is 7.05 Å². The molecule has 0 aromatic rings. The molecule has 0 aliphatic rings. The molecule has 0 fully saturated rings. The van der Waals surface area contributed by atoms with E-state index in [2.05, 4.69) is 34.8 Å². The van der Waals surface area contributed by atoms with Crippen LogP contribution in [-0.4, -0.2) is 38.5 Å². The van der Waals surface area contributed by atoms with Crippen molar-refractivity contribution in [2.45, 2.75) is 59.3 Å². The summed E-state index contributed by atoms with van der Waals surface area (Å²) in [5.74, 6) is 1.57. The highest BCUT2D eigenvalue weighted by atomic mass is 127. The predicted molar refractivity (Wildman–Crippen MR) is 106 cm³/mol. The second-order valence-electron chi connectivity index (χ2n) is 5.40. The molecule has 0 spiro atoms. The first kappa shape index (κ1) is 23.7. The van der Waals surface area contributed by atoms with Crippen molar-refractivity contribution in [2.24, 2.45) is 10.9 Å². The third kappa shape index (κ3) is 13.2. The van der Waals surface area contributed by atoms with E-state index in [9.17, 15) is 4.79 Å². The Balaban J connectivity index is 0. The van der Waals surface area contributed by atoms with Gasteiger partial charge < -0.3 is 16.0 Å². The van der Waals surface area contributed by atoms with Gasteiger partial charge in [0.15, 0.2) is 5.96 Å². The van der Waals surface area contributed by atoms with Crippen LogP contribution in [0.15, 0.2) is 4.99 Å². The van der Waals surface area contributed by atoms with Crippen LogP contribution in [0.4, 0.5) is 0 Å². The van der Waals surface area contributed by atoms with Crippen LogP contribution in [0.25, 0.3) is 0 Å². The number of hydrogen-bond donors (Lipinski definition) is 3. The summed E-state index contributed by atoms with van der Waals surface area (Å²) in [6.45, 7) is 8.81. The Labute approximate surface area is 153 Å². The van der Waals surface area contributed by atoms with Crippen LogP contribution in [0.5, 0.6) is 0 Å². The number of carbonyl (C=O) groups excluding carboxylic acids is 1. The van der Waals surface area contributed by atoms with Gasteiger partial charge in [0.2, 0.25) is 5.91 Å². The van der Waals surface area contributed by atoms with Gasteiger partial charge in [-0.15, -0.1) is 24.0 Å². The van der Waals surface area contributed by atoms with Crippen molar-refractivity contribution in [3.63, 3.8) is 0 Å². The second-order valence-corrected chi connectivity index (χ2v) is 5.40. The van der Waals surface area contributed by atoms with Crippen molar-refractivity contribution in [2.75, 3.05) is 26.7 Å². The van der Waals surface area contributed by atoms with Gasteiger partial charge in [-0.2, -0.15) is 0 Å². The lowest BCUT2D eigenvalue weighted by Gasteiger charge is -2.18. The summed E-state index contributed by atoms with van der Waals surface area (Å²) in [5, 5.41) is 9.41. The lowest BCUT2D eigenvalue weighted by molar-refractivity contribution is -0.120. The van der Waals surface area contributed by atoms with E-state index in [1.165, 1.54) is 25.7 Å². The molecule has 1 atom stereocenters. The van der Waals surface area contributed by atoms with Gasteiger partial charge in [0.25, 0.3) is 0 Å². The Bertz CT molecular complexity index is 298. The number of halogens is 1. The molecule has 0 aliphatic heterocycles. The number of nitrogens with one attached hydrogen (secondary N) is 3. The molecule has 1 unspecified atom stereocenters. The molecule has 0 saturated heterocycles.